The summed E-state index contributed by atoms with van der Waals surface area (Å²) in [6, 6.07) is 5.70. The monoisotopic (exact) mass is 330 g/mol. The van der Waals surface area contributed by atoms with E-state index in [1.807, 2.05) is 23.6 Å². The second-order valence-corrected chi connectivity index (χ2v) is 6.78. The highest BCUT2D eigenvalue weighted by Crippen LogP contribution is 2.41. The predicted octanol–water partition coefficient (Wildman–Crippen LogP) is 3.06. The molecule has 1 aromatic heterocycles. The van der Waals surface area contributed by atoms with Gasteiger partial charge < -0.3 is 14.4 Å². The van der Waals surface area contributed by atoms with Crippen molar-refractivity contribution in [2.75, 3.05) is 20.3 Å². The predicted molar refractivity (Wildman–Crippen MR) is 87.3 cm³/mol. The van der Waals surface area contributed by atoms with E-state index in [1.165, 1.54) is 12.8 Å². The fraction of sp³-hybridized carbons (Fsp3) is 0.412. The first-order valence-corrected chi connectivity index (χ1v) is 8.67. The summed E-state index contributed by atoms with van der Waals surface area (Å²) in [5.41, 5.74) is 1.52. The molecule has 23 heavy (non-hydrogen) atoms. The Balaban J connectivity index is 1.56. The number of carbonyl (C=O) groups excluding carboxylic acids is 1. The van der Waals surface area contributed by atoms with Crippen LogP contribution in [0.5, 0.6) is 11.5 Å². The third kappa shape index (κ3) is 2.91. The fourth-order valence-corrected chi connectivity index (χ4v) is 3.70. The number of benzene rings is 1. The minimum absolute atomic E-state index is 0.0209. The quantitative estimate of drug-likeness (QED) is 0.868. The van der Waals surface area contributed by atoms with Crippen molar-refractivity contribution in [2.45, 2.75) is 25.3 Å². The number of fused-ring (bicyclic) bond motifs is 1. The molecule has 0 bridgehead atoms. The number of rotatable bonds is 3. The minimum Gasteiger partial charge on any atom is -0.497 e. The summed E-state index contributed by atoms with van der Waals surface area (Å²) in [6.07, 6.45) is 2.40. The van der Waals surface area contributed by atoms with Crippen LogP contribution in [-0.2, 0) is 6.54 Å². The number of hydrogen-bond acceptors (Lipinski definition) is 5. The Hall–Kier alpha value is -2.08. The van der Waals surface area contributed by atoms with Crippen LogP contribution < -0.4 is 9.47 Å². The molecule has 1 amide bonds. The van der Waals surface area contributed by atoms with Crippen molar-refractivity contribution in [1.82, 2.24) is 9.88 Å². The molecule has 1 aromatic carbocycles. The van der Waals surface area contributed by atoms with Crippen LogP contribution in [0.1, 0.15) is 39.8 Å². The number of aromatic nitrogens is 1. The maximum absolute atomic E-state index is 12.8. The van der Waals surface area contributed by atoms with E-state index in [0.29, 0.717) is 31.3 Å². The molecule has 5 nitrogen and oxygen atoms in total. The first kappa shape index (κ1) is 14.5. The Kier molecular flexibility index (Phi) is 3.69. The molecule has 2 aromatic rings. The van der Waals surface area contributed by atoms with Crippen LogP contribution in [0.3, 0.4) is 0 Å². The van der Waals surface area contributed by atoms with Crippen LogP contribution in [0, 0.1) is 0 Å². The third-order valence-corrected chi connectivity index (χ3v) is 5.21. The highest BCUT2D eigenvalue weighted by atomic mass is 32.1. The molecule has 0 N–H and O–H groups in total. The molecule has 120 valence electrons. The minimum atomic E-state index is -0.0209. The van der Waals surface area contributed by atoms with Gasteiger partial charge >= 0.3 is 0 Å². The Morgan fingerprint density at radius 2 is 2.30 bits per heavy atom. The van der Waals surface area contributed by atoms with Gasteiger partial charge in [0.2, 0.25) is 0 Å². The fourth-order valence-electron chi connectivity index (χ4n) is 2.74. The van der Waals surface area contributed by atoms with Gasteiger partial charge in [-0.15, -0.1) is 11.3 Å². The molecule has 2 heterocycles. The average molecular weight is 330 g/mol. The maximum Gasteiger partial charge on any atom is 0.273 e. The zero-order chi connectivity index (χ0) is 15.8. The summed E-state index contributed by atoms with van der Waals surface area (Å²) in [5, 5.41) is 2.98. The van der Waals surface area contributed by atoms with Crippen molar-refractivity contribution in [3.05, 3.63) is 39.8 Å². The Morgan fingerprint density at radius 1 is 1.43 bits per heavy atom. The third-order valence-electron chi connectivity index (χ3n) is 4.20. The molecule has 0 unspecified atom stereocenters. The van der Waals surface area contributed by atoms with Gasteiger partial charge in [0, 0.05) is 23.4 Å². The van der Waals surface area contributed by atoms with E-state index in [2.05, 4.69) is 4.98 Å². The van der Waals surface area contributed by atoms with Gasteiger partial charge in [-0.1, -0.05) is 0 Å². The second-order valence-electron chi connectivity index (χ2n) is 5.89. The number of hydrogen-bond donors (Lipinski definition) is 0. The SMILES string of the molecule is COc1ccc2c(c1)CN(C(=O)c1csc(C3CC3)n1)CCO2. The lowest BCUT2D eigenvalue weighted by atomic mass is 10.1. The van der Waals surface area contributed by atoms with Gasteiger partial charge in [-0.2, -0.15) is 0 Å². The lowest BCUT2D eigenvalue weighted by Gasteiger charge is -2.18. The maximum atomic E-state index is 12.8. The molecular formula is C17H18N2O3S. The Morgan fingerprint density at radius 3 is 3.09 bits per heavy atom. The smallest absolute Gasteiger partial charge is 0.273 e. The van der Waals surface area contributed by atoms with Crippen LogP contribution >= 0.6 is 11.3 Å². The second kappa shape index (κ2) is 5.85. The van der Waals surface area contributed by atoms with Gasteiger partial charge in [0.05, 0.1) is 18.7 Å². The summed E-state index contributed by atoms with van der Waals surface area (Å²) < 4.78 is 11.0. The van der Waals surface area contributed by atoms with E-state index in [1.54, 1.807) is 23.3 Å². The first-order chi connectivity index (χ1) is 11.2. The summed E-state index contributed by atoms with van der Waals surface area (Å²) in [7, 11) is 1.64. The number of ether oxygens (including phenoxy) is 2. The zero-order valence-electron chi connectivity index (χ0n) is 12.9. The van der Waals surface area contributed by atoms with Gasteiger partial charge in [-0.25, -0.2) is 4.98 Å². The number of thiazole rings is 1. The molecule has 1 aliphatic heterocycles. The van der Waals surface area contributed by atoms with Crippen molar-refractivity contribution in [1.29, 1.82) is 0 Å². The number of methoxy groups -OCH3 is 1. The highest BCUT2D eigenvalue weighted by molar-refractivity contribution is 7.10. The largest absolute Gasteiger partial charge is 0.497 e. The first-order valence-electron chi connectivity index (χ1n) is 7.79. The number of amides is 1. The van der Waals surface area contributed by atoms with Gasteiger partial charge in [0.1, 0.15) is 23.8 Å². The van der Waals surface area contributed by atoms with E-state index < -0.39 is 0 Å². The van der Waals surface area contributed by atoms with E-state index in [9.17, 15) is 4.79 Å². The molecular weight excluding hydrogens is 312 g/mol. The van der Waals surface area contributed by atoms with Crippen LogP contribution in [0.4, 0.5) is 0 Å². The molecule has 1 saturated carbocycles. The summed E-state index contributed by atoms with van der Waals surface area (Å²) in [5.74, 6) is 2.15. The average Bonchev–Trinajstić information content (AvgIpc) is 3.35. The van der Waals surface area contributed by atoms with Gasteiger partial charge in [-0.3, -0.25) is 4.79 Å². The van der Waals surface area contributed by atoms with E-state index in [0.717, 1.165) is 22.1 Å². The van der Waals surface area contributed by atoms with Crippen LogP contribution in [-0.4, -0.2) is 36.1 Å². The van der Waals surface area contributed by atoms with E-state index in [-0.39, 0.29) is 5.91 Å². The van der Waals surface area contributed by atoms with Crippen molar-refractivity contribution in [2.24, 2.45) is 0 Å². The zero-order valence-corrected chi connectivity index (χ0v) is 13.8. The van der Waals surface area contributed by atoms with Crippen molar-refractivity contribution in [3.63, 3.8) is 0 Å². The molecule has 2 aliphatic rings. The van der Waals surface area contributed by atoms with Crippen LogP contribution in [0.15, 0.2) is 23.6 Å². The van der Waals surface area contributed by atoms with Gasteiger partial charge in [0.25, 0.3) is 5.91 Å². The van der Waals surface area contributed by atoms with Gasteiger partial charge in [-0.05, 0) is 31.0 Å². The molecule has 0 radical (unpaired) electrons. The van der Waals surface area contributed by atoms with Crippen LogP contribution in [0.25, 0.3) is 0 Å². The van der Waals surface area contributed by atoms with Crippen molar-refractivity contribution >= 4 is 17.2 Å². The number of carbonyl (C=O) groups is 1. The Bertz CT molecular complexity index is 739. The van der Waals surface area contributed by atoms with Gasteiger partial charge in [0.15, 0.2) is 0 Å². The molecule has 0 saturated heterocycles. The topological polar surface area (TPSA) is 51.7 Å². The van der Waals surface area contributed by atoms with Crippen LogP contribution in [0.2, 0.25) is 0 Å². The van der Waals surface area contributed by atoms with E-state index in [4.69, 9.17) is 9.47 Å². The van der Waals surface area contributed by atoms with Crippen molar-refractivity contribution < 1.29 is 14.3 Å². The molecule has 4 rings (SSSR count). The molecule has 1 fully saturated rings. The standard InChI is InChI=1S/C17H18N2O3S/c1-21-13-4-5-15-12(8-13)9-19(6-7-22-15)17(20)14-10-23-16(18-14)11-2-3-11/h4-5,8,10-11H,2-3,6-7,9H2,1H3. The summed E-state index contributed by atoms with van der Waals surface area (Å²) in [6.45, 7) is 1.57. The molecule has 1 aliphatic carbocycles. The normalized spacial score (nSPS) is 17.2. The molecule has 6 heteroatoms. The Labute approximate surface area is 138 Å². The summed E-state index contributed by atoms with van der Waals surface area (Å²) in [4.78, 5) is 19.1. The molecule has 0 atom stereocenters. The van der Waals surface area contributed by atoms with E-state index >= 15 is 0 Å². The highest BCUT2D eigenvalue weighted by Gasteiger charge is 2.29. The lowest BCUT2D eigenvalue weighted by Crippen LogP contribution is -2.32. The number of nitrogens with zero attached hydrogens (tertiary/aromatic N) is 2. The molecule has 0 spiro atoms. The lowest BCUT2D eigenvalue weighted by molar-refractivity contribution is 0.0728. The summed E-state index contributed by atoms with van der Waals surface area (Å²) >= 11 is 1.60. The van der Waals surface area contributed by atoms with Crippen molar-refractivity contribution in [3.8, 4) is 11.5 Å².